The Hall–Kier alpha value is -3.24. The lowest BCUT2D eigenvalue weighted by Crippen LogP contribution is -2.21. The summed E-state index contributed by atoms with van der Waals surface area (Å²) in [7, 11) is 0. The zero-order chi connectivity index (χ0) is 21.2. The van der Waals surface area contributed by atoms with Crippen LogP contribution in [0.3, 0.4) is 0 Å². The number of carboxylic acids is 1. The molecule has 0 atom stereocenters. The number of carbonyl (C=O) groups excluding carboxylic acids is 1. The summed E-state index contributed by atoms with van der Waals surface area (Å²) in [5, 5.41) is 14.4. The summed E-state index contributed by atoms with van der Waals surface area (Å²) < 4.78 is 41.9. The molecule has 0 unspecified atom stereocenters. The van der Waals surface area contributed by atoms with Gasteiger partial charge in [-0.15, -0.1) is 13.2 Å². The summed E-state index contributed by atoms with van der Waals surface area (Å²) in [6, 6.07) is 3.92. The molecule has 2 amide bonds. The third-order valence-electron chi connectivity index (χ3n) is 4.31. The number of anilines is 2. The Balaban J connectivity index is 1.70. The zero-order valence-electron chi connectivity index (χ0n) is 15.4. The van der Waals surface area contributed by atoms with Crippen LogP contribution in [0.15, 0.2) is 24.3 Å². The van der Waals surface area contributed by atoms with Crippen molar-refractivity contribution in [3.8, 4) is 5.75 Å². The molecular formula is C18H19F3N4O4. The van der Waals surface area contributed by atoms with Gasteiger partial charge in [-0.1, -0.05) is 6.92 Å². The molecule has 1 heterocycles. The SMILES string of the molecule is CCc1c(NC(=O)Nc2ccc(OC(F)(F)F)cc2)nc(C(=O)O)n1CC1CC1. The molecule has 0 bridgehead atoms. The lowest BCUT2D eigenvalue weighted by atomic mass is 10.3. The number of amides is 2. The van der Waals surface area contributed by atoms with Gasteiger partial charge in [0, 0.05) is 12.2 Å². The maximum Gasteiger partial charge on any atom is 0.573 e. The fraction of sp³-hybridized carbons (Fsp3) is 0.389. The monoisotopic (exact) mass is 412 g/mol. The fourth-order valence-electron chi connectivity index (χ4n) is 2.87. The number of urea groups is 1. The van der Waals surface area contributed by atoms with Gasteiger partial charge in [-0.2, -0.15) is 0 Å². The summed E-state index contributed by atoms with van der Waals surface area (Å²) in [6.45, 7) is 2.36. The molecule has 3 rings (SSSR count). The number of benzene rings is 1. The third kappa shape index (κ3) is 5.39. The van der Waals surface area contributed by atoms with Gasteiger partial charge in [0.1, 0.15) is 5.75 Å². The van der Waals surface area contributed by atoms with Gasteiger partial charge in [0.25, 0.3) is 0 Å². The quantitative estimate of drug-likeness (QED) is 0.635. The Morgan fingerprint density at radius 3 is 2.41 bits per heavy atom. The average molecular weight is 412 g/mol. The minimum atomic E-state index is -4.80. The van der Waals surface area contributed by atoms with Crippen molar-refractivity contribution in [3.05, 3.63) is 35.8 Å². The summed E-state index contributed by atoms with van der Waals surface area (Å²) in [5.41, 5.74) is 0.823. The number of aromatic carboxylic acids is 1. The van der Waals surface area contributed by atoms with E-state index < -0.39 is 24.1 Å². The molecule has 3 N–H and O–H groups in total. The average Bonchev–Trinajstić information content (AvgIpc) is 3.36. The van der Waals surface area contributed by atoms with Gasteiger partial charge < -0.3 is 19.7 Å². The van der Waals surface area contributed by atoms with Crippen molar-refractivity contribution in [2.45, 2.75) is 39.1 Å². The molecule has 1 aromatic heterocycles. The Morgan fingerprint density at radius 1 is 1.24 bits per heavy atom. The van der Waals surface area contributed by atoms with Crippen LogP contribution in [0.25, 0.3) is 0 Å². The molecule has 1 saturated carbocycles. The van der Waals surface area contributed by atoms with Crippen LogP contribution >= 0.6 is 0 Å². The highest BCUT2D eigenvalue weighted by Gasteiger charge is 2.31. The number of aromatic nitrogens is 2. The van der Waals surface area contributed by atoms with Crippen LogP contribution in [-0.4, -0.2) is 33.0 Å². The molecule has 29 heavy (non-hydrogen) atoms. The first kappa shape index (κ1) is 20.5. The first-order valence-electron chi connectivity index (χ1n) is 8.92. The highest BCUT2D eigenvalue weighted by Crippen LogP contribution is 2.33. The van der Waals surface area contributed by atoms with Gasteiger partial charge >= 0.3 is 18.4 Å². The topological polar surface area (TPSA) is 105 Å². The molecule has 0 aliphatic heterocycles. The second kappa shape index (κ2) is 8.02. The van der Waals surface area contributed by atoms with Crippen LogP contribution in [0.4, 0.5) is 29.5 Å². The van der Waals surface area contributed by atoms with Crippen molar-refractivity contribution in [1.82, 2.24) is 9.55 Å². The Morgan fingerprint density at radius 2 is 1.90 bits per heavy atom. The predicted octanol–water partition coefficient (Wildman–Crippen LogP) is 4.10. The number of alkyl halides is 3. The van der Waals surface area contributed by atoms with E-state index in [1.54, 1.807) is 4.57 Å². The maximum absolute atomic E-state index is 12.3. The molecular weight excluding hydrogens is 393 g/mol. The van der Waals surface area contributed by atoms with Crippen molar-refractivity contribution in [3.63, 3.8) is 0 Å². The van der Waals surface area contributed by atoms with Gasteiger partial charge in [0.15, 0.2) is 5.82 Å². The van der Waals surface area contributed by atoms with Crippen LogP contribution in [0.5, 0.6) is 5.75 Å². The van der Waals surface area contributed by atoms with Crippen molar-refractivity contribution < 1.29 is 32.6 Å². The number of carbonyl (C=O) groups is 2. The first-order valence-corrected chi connectivity index (χ1v) is 8.92. The number of carboxylic acid groups (broad SMARTS) is 1. The van der Waals surface area contributed by atoms with Gasteiger partial charge in [0.2, 0.25) is 5.82 Å². The summed E-state index contributed by atoms with van der Waals surface area (Å²) in [5.74, 6) is -1.19. The molecule has 8 nitrogen and oxygen atoms in total. The van der Waals surface area contributed by atoms with Crippen molar-refractivity contribution in [2.24, 2.45) is 5.92 Å². The van der Waals surface area contributed by atoms with Crippen LogP contribution in [0.2, 0.25) is 0 Å². The number of rotatable bonds is 7. The number of nitrogens with zero attached hydrogens (tertiary/aromatic N) is 2. The van der Waals surface area contributed by atoms with E-state index >= 15 is 0 Å². The van der Waals surface area contributed by atoms with Gasteiger partial charge in [-0.3, -0.25) is 5.32 Å². The Bertz CT molecular complexity index is 905. The second-order valence-corrected chi connectivity index (χ2v) is 6.59. The van der Waals surface area contributed by atoms with E-state index in [-0.39, 0.29) is 17.3 Å². The largest absolute Gasteiger partial charge is 0.573 e. The van der Waals surface area contributed by atoms with Crippen LogP contribution in [0, 0.1) is 5.92 Å². The van der Waals surface area contributed by atoms with Crippen LogP contribution in [0.1, 0.15) is 36.1 Å². The van der Waals surface area contributed by atoms with E-state index in [0.717, 1.165) is 25.0 Å². The second-order valence-electron chi connectivity index (χ2n) is 6.59. The van der Waals surface area contributed by atoms with E-state index in [1.807, 2.05) is 6.92 Å². The molecule has 0 saturated heterocycles. The first-order chi connectivity index (χ1) is 13.7. The minimum absolute atomic E-state index is 0.139. The Kier molecular flexibility index (Phi) is 5.66. The zero-order valence-corrected chi connectivity index (χ0v) is 15.4. The van der Waals surface area contributed by atoms with Gasteiger partial charge in [-0.25, -0.2) is 14.6 Å². The molecule has 0 spiro atoms. The number of imidazole rings is 1. The van der Waals surface area contributed by atoms with E-state index in [4.69, 9.17) is 0 Å². The van der Waals surface area contributed by atoms with E-state index in [9.17, 15) is 27.9 Å². The number of hydrogen-bond acceptors (Lipinski definition) is 4. The summed E-state index contributed by atoms with van der Waals surface area (Å²) in [6.07, 6.45) is -2.29. The molecule has 1 aliphatic carbocycles. The molecule has 156 valence electrons. The normalized spacial score (nSPS) is 13.8. The molecule has 1 aliphatic rings. The number of ether oxygens (including phenoxy) is 1. The van der Waals surface area contributed by atoms with Crippen molar-refractivity contribution >= 4 is 23.5 Å². The fourth-order valence-corrected chi connectivity index (χ4v) is 2.87. The van der Waals surface area contributed by atoms with Gasteiger partial charge in [0.05, 0.1) is 5.69 Å². The lowest BCUT2D eigenvalue weighted by molar-refractivity contribution is -0.274. The Labute approximate surface area is 163 Å². The third-order valence-corrected chi connectivity index (χ3v) is 4.31. The lowest BCUT2D eigenvalue weighted by Gasteiger charge is -2.11. The van der Waals surface area contributed by atoms with E-state index in [1.165, 1.54) is 12.1 Å². The van der Waals surface area contributed by atoms with E-state index in [0.29, 0.717) is 24.6 Å². The number of nitrogens with one attached hydrogen (secondary N) is 2. The molecule has 11 heteroatoms. The molecule has 1 aromatic carbocycles. The molecule has 2 aromatic rings. The standard InChI is InChI=1S/C18H19F3N4O4/c1-2-13-14(23-15(16(26)27)25(13)9-10-3-4-10)24-17(28)22-11-5-7-12(8-6-11)29-18(19,20)21/h5-8,10H,2-4,9H2,1H3,(H,26,27)(H2,22,24,28). The minimum Gasteiger partial charge on any atom is -0.475 e. The summed E-state index contributed by atoms with van der Waals surface area (Å²) in [4.78, 5) is 27.8. The van der Waals surface area contributed by atoms with Crippen LogP contribution in [-0.2, 0) is 13.0 Å². The van der Waals surface area contributed by atoms with Gasteiger partial charge in [-0.05, 0) is 49.4 Å². The molecule has 0 radical (unpaired) electrons. The van der Waals surface area contributed by atoms with Crippen LogP contribution < -0.4 is 15.4 Å². The highest BCUT2D eigenvalue weighted by atomic mass is 19.4. The number of hydrogen-bond donors (Lipinski definition) is 3. The maximum atomic E-state index is 12.3. The van der Waals surface area contributed by atoms with Crippen molar-refractivity contribution in [1.29, 1.82) is 0 Å². The highest BCUT2D eigenvalue weighted by molar-refractivity contribution is 6.00. The van der Waals surface area contributed by atoms with E-state index in [2.05, 4.69) is 20.4 Å². The predicted molar refractivity (Wildman–Crippen MR) is 97.1 cm³/mol. The van der Waals surface area contributed by atoms with Crippen molar-refractivity contribution in [2.75, 3.05) is 10.6 Å². The molecule has 1 fully saturated rings. The number of halogens is 3. The smallest absolute Gasteiger partial charge is 0.475 e. The summed E-state index contributed by atoms with van der Waals surface area (Å²) >= 11 is 0.